The van der Waals surface area contributed by atoms with Crippen LogP contribution in [-0.4, -0.2) is 39.8 Å². The molecule has 0 aromatic heterocycles. The van der Waals surface area contributed by atoms with E-state index in [1.807, 2.05) is 24.3 Å². The number of nitrogens with zero attached hydrogens (tertiary/aromatic N) is 2. The van der Waals surface area contributed by atoms with Crippen molar-refractivity contribution in [3.8, 4) is 5.75 Å². The van der Waals surface area contributed by atoms with Gasteiger partial charge in [0.05, 0.1) is 45.1 Å². The van der Waals surface area contributed by atoms with Crippen molar-refractivity contribution in [3.05, 3.63) is 112 Å². The van der Waals surface area contributed by atoms with E-state index in [9.17, 15) is 38.6 Å². The van der Waals surface area contributed by atoms with E-state index in [1.165, 1.54) is 36.4 Å². The molecule has 3 fully saturated rings. The molecule has 4 amide bonds. The number of benzene rings is 4. The largest absolute Gasteiger partial charge is 0.507 e. The molecular formula is C38H28ClFN2O7. The summed E-state index contributed by atoms with van der Waals surface area (Å²) in [5, 5.41) is 22.4. The lowest BCUT2D eigenvalue weighted by Crippen LogP contribution is -2.48. The molecule has 2 aliphatic heterocycles. The van der Waals surface area contributed by atoms with Crippen LogP contribution in [0.25, 0.3) is 10.8 Å². The number of carbonyl (C=O) groups excluding carboxylic acids is 4. The Kier molecular flexibility index (Phi) is 6.84. The zero-order valence-corrected chi connectivity index (χ0v) is 26.7. The summed E-state index contributed by atoms with van der Waals surface area (Å²) in [6.07, 6.45) is 2.09. The Bertz CT molecular complexity index is 2220. The van der Waals surface area contributed by atoms with Gasteiger partial charge in [0.1, 0.15) is 11.6 Å². The molecule has 0 radical (unpaired) electrons. The molecule has 0 bridgehead atoms. The molecular weight excluding hydrogens is 651 g/mol. The quantitative estimate of drug-likeness (QED) is 0.187. The molecule has 4 aliphatic rings. The van der Waals surface area contributed by atoms with Crippen molar-refractivity contribution in [2.75, 3.05) is 9.80 Å². The maximum Gasteiger partial charge on any atom is 0.335 e. The minimum Gasteiger partial charge on any atom is -0.507 e. The highest BCUT2D eigenvalue weighted by Gasteiger charge is 2.68. The molecule has 6 unspecified atom stereocenters. The molecule has 11 heteroatoms. The molecule has 8 rings (SSSR count). The Balaban J connectivity index is 1.29. The zero-order chi connectivity index (χ0) is 34.5. The van der Waals surface area contributed by atoms with Gasteiger partial charge in [-0.1, -0.05) is 65.7 Å². The number of fused-ring (bicyclic) bond motifs is 5. The van der Waals surface area contributed by atoms with E-state index >= 15 is 0 Å². The third kappa shape index (κ3) is 4.26. The fraction of sp³-hybridized carbons (Fsp3) is 0.237. The number of carboxylic acid groups (broad SMARTS) is 1. The number of rotatable bonds is 4. The number of anilines is 2. The highest BCUT2D eigenvalue weighted by Crippen LogP contribution is 2.64. The molecule has 2 saturated heterocycles. The van der Waals surface area contributed by atoms with Crippen molar-refractivity contribution in [1.82, 2.24) is 0 Å². The Morgan fingerprint density at radius 2 is 1.63 bits per heavy atom. The monoisotopic (exact) mass is 678 g/mol. The number of aromatic carboxylic acids is 1. The third-order valence-electron chi connectivity index (χ3n) is 11.0. The van der Waals surface area contributed by atoms with E-state index in [-0.39, 0.29) is 40.6 Å². The molecule has 246 valence electrons. The van der Waals surface area contributed by atoms with Gasteiger partial charge in [0.2, 0.25) is 23.6 Å². The van der Waals surface area contributed by atoms with Crippen LogP contribution in [0.15, 0.2) is 90.5 Å². The van der Waals surface area contributed by atoms with Crippen LogP contribution in [0.2, 0.25) is 5.02 Å². The number of carboxylic acids is 1. The smallest absolute Gasteiger partial charge is 0.335 e. The molecule has 9 nitrogen and oxygen atoms in total. The van der Waals surface area contributed by atoms with Gasteiger partial charge in [-0.05, 0) is 67.5 Å². The first kappa shape index (κ1) is 31.0. The molecule has 2 aliphatic carbocycles. The summed E-state index contributed by atoms with van der Waals surface area (Å²) in [6.45, 7) is 1.69. The Morgan fingerprint density at radius 1 is 0.878 bits per heavy atom. The summed E-state index contributed by atoms with van der Waals surface area (Å²) >= 11 is 6.08. The predicted octanol–water partition coefficient (Wildman–Crippen LogP) is 6.47. The molecule has 4 aromatic carbocycles. The molecule has 6 atom stereocenters. The summed E-state index contributed by atoms with van der Waals surface area (Å²) in [6, 6.07) is 20.0. The van der Waals surface area contributed by atoms with Gasteiger partial charge in [0, 0.05) is 16.9 Å². The lowest BCUT2D eigenvalue weighted by atomic mass is 9.51. The van der Waals surface area contributed by atoms with Crippen molar-refractivity contribution in [1.29, 1.82) is 0 Å². The van der Waals surface area contributed by atoms with Crippen LogP contribution in [0.1, 0.15) is 41.6 Å². The number of carbonyl (C=O) groups is 5. The van der Waals surface area contributed by atoms with Crippen LogP contribution in [0, 0.1) is 34.9 Å². The fourth-order valence-corrected chi connectivity index (χ4v) is 8.94. The van der Waals surface area contributed by atoms with Crippen molar-refractivity contribution >= 4 is 63.3 Å². The maximum absolute atomic E-state index is 14.7. The Labute approximate surface area is 284 Å². The predicted molar refractivity (Wildman–Crippen MR) is 178 cm³/mol. The van der Waals surface area contributed by atoms with Gasteiger partial charge in [0.15, 0.2) is 0 Å². The number of hydrogen-bond acceptors (Lipinski definition) is 6. The fourth-order valence-electron chi connectivity index (χ4n) is 8.77. The minimum atomic E-state index is -1.44. The minimum absolute atomic E-state index is 0.0591. The van der Waals surface area contributed by atoms with Crippen molar-refractivity contribution in [2.45, 2.75) is 25.7 Å². The molecule has 0 spiro atoms. The first-order chi connectivity index (χ1) is 23.4. The highest BCUT2D eigenvalue weighted by atomic mass is 35.5. The van der Waals surface area contributed by atoms with E-state index in [1.54, 1.807) is 25.1 Å². The standard InChI is InChI=1S/C38H28ClFN2O7/c1-38-27(34(45)42(37(38)49)21-10-14-29(40)28(39)16-21)17-26-23(31(38)25-11-9-18-5-2-3-8-22(18)32(25)43)12-13-24-30(26)35(46)41(33(24)44)20-7-4-6-19(15-20)36(47)48/h2-12,14-16,24,26-27,30-31,43H,13,17H2,1H3,(H,47,48). The lowest BCUT2D eigenvalue weighted by molar-refractivity contribution is -0.131. The van der Waals surface area contributed by atoms with Gasteiger partial charge < -0.3 is 10.2 Å². The van der Waals surface area contributed by atoms with E-state index in [2.05, 4.69) is 0 Å². The van der Waals surface area contributed by atoms with Crippen LogP contribution < -0.4 is 9.80 Å². The normalized spacial score (nSPS) is 27.7. The first-order valence-electron chi connectivity index (χ1n) is 15.9. The molecule has 2 heterocycles. The number of aromatic hydroxyl groups is 1. The number of phenolic OH excluding ortho intramolecular Hbond substituents is 1. The first-order valence-corrected chi connectivity index (χ1v) is 16.3. The summed E-state index contributed by atoms with van der Waals surface area (Å²) in [4.78, 5) is 71.0. The number of phenols is 1. The van der Waals surface area contributed by atoms with Crippen LogP contribution in [0.5, 0.6) is 5.75 Å². The van der Waals surface area contributed by atoms with Gasteiger partial charge >= 0.3 is 5.97 Å². The molecule has 2 N–H and O–H groups in total. The number of imide groups is 2. The van der Waals surface area contributed by atoms with Gasteiger partial charge in [-0.15, -0.1) is 0 Å². The van der Waals surface area contributed by atoms with Crippen molar-refractivity contribution < 1.29 is 38.6 Å². The number of allylic oxidation sites excluding steroid dienone is 2. The second-order valence-electron chi connectivity index (χ2n) is 13.4. The zero-order valence-electron chi connectivity index (χ0n) is 26.0. The van der Waals surface area contributed by atoms with Crippen LogP contribution in [0.3, 0.4) is 0 Å². The number of hydrogen-bond donors (Lipinski definition) is 2. The van der Waals surface area contributed by atoms with Crippen molar-refractivity contribution in [2.24, 2.45) is 29.1 Å². The third-order valence-corrected chi connectivity index (χ3v) is 11.3. The van der Waals surface area contributed by atoms with E-state index in [0.29, 0.717) is 16.5 Å². The SMILES string of the molecule is CC12C(=O)N(c3ccc(F)c(Cl)c3)C(=O)C1CC1C(=CCC3C(=O)N(c4cccc(C(=O)O)c4)C(=O)C31)C2c1ccc2ccccc2c1O. The highest BCUT2D eigenvalue weighted by molar-refractivity contribution is 6.32. The second kappa shape index (κ2) is 10.8. The molecule has 4 aromatic rings. The topological polar surface area (TPSA) is 132 Å². The van der Waals surface area contributed by atoms with Crippen LogP contribution >= 0.6 is 11.6 Å². The summed E-state index contributed by atoms with van der Waals surface area (Å²) in [5.74, 6) is -8.24. The Hall–Kier alpha value is -5.35. The van der Waals surface area contributed by atoms with Crippen LogP contribution in [0.4, 0.5) is 15.8 Å². The van der Waals surface area contributed by atoms with E-state index in [0.717, 1.165) is 21.3 Å². The summed E-state index contributed by atoms with van der Waals surface area (Å²) < 4.78 is 14.2. The van der Waals surface area contributed by atoms with Gasteiger partial charge in [-0.25, -0.2) is 14.1 Å². The maximum atomic E-state index is 14.7. The van der Waals surface area contributed by atoms with Crippen molar-refractivity contribution in [3.63, 3.8) is 0 Å². The van der Waals surface area contributed by atoms with Gasteiger partial charge in [-0.3, -0.25) is 24.1 Å². The average molecular weight is 679 g/mol. The molecule has 1 saturated carbocycles. The average Bonchev–Trinajstić information content (AvgIpc) is 3.46. The van der Waals surface area contributed by atoms with E-state index in [4.69, 9.17) is 11.6 Å². The summed E-state index contributed by atoms with van der Waals surface area (Å²) in [5.41, 5.74) is -0.194. The molecule has 49 heavy (non-hydrogen) atoms. The number of amides is 4. The second-order valence-corrected chi connectivity index (χ2v) is 13.8. The van der Waals surface area contributed by atoms with Gasteiger partial charge in [0.25, 0.3) is 0 Å². The Morgan fingerprint density at radius 3 is 2.39 bits per heavy atom. The summed E-state index contributed by atoms with van der Waals surface area (Å²) in [7, 11) is 0. The van der Waals surface area contributed by atoms with Gasteiger partial charge in [-0.2, -0.15) is 0 Å². The van der Waals surface area contributed by atoms with Crippen LogP contribution in [-0.2, 0) is 19.2 Å². The number of halogens is 2. The lowest BCUT2D eigenvalue weighted by Gasteiger charge is -2.49. The van der Waals surface area contributed by atoms with E-state index < -0.39 is 70.4 Å².